The summed E-state index contributed by atoms with van der Waals surface area (Å²) in [6, 6.07) is 0. The van der Waals surface area contributed by atoms with Gasteiger partial charge in [-0.3, -0.25) is 10.6 Å². The molecular weight excluding hydrogens is 370 g/mol. The van der Waals surface area contributed by atoms with Gasteiger partial charge in [-0.1, -0.05) is 0 Å². The van der Waals surface area contributed by atoms with Crippen LogP contribution in [0.5, 0.6) is 0 Å². The summed E-state index contributed by atoms with van der Waals surface area (Å²) < 4.78 is 14.6. The second-order valence-electron chi connectivity index (χ2n) is 3.38. The monoisotopic (exact) mass is 384 g/mol. The van der Waals surface area contributed by atoms with Crippen LogP contribution in [0.15, 0.2) is 0 Å². The van der Waals surface area contributed by atoms with E-state index in [0.29, 0.717) is 0 Å². The van der Waals surface area contributed by atoms with Crippen LogP contribution in [-0.2, 0) is 14.2 Å². The Kier molecular flexibility index (Phi) is 11.1. The molecule has 0 rings (SSSR count). The van der Waals surface area contributed by atoms with Crippen LogP contribution in [0.3, 0.4) is 0 Å². The first-order chi connectivity index (χ1) is 9.81. The van der Waals surface area contributed by atoms with Crippen molar-refractivity contribution in [2.45, 2.75) is 36.0 Å². The van der Waals surface area contributed by atoms with Gasteiger partial charge in [-0.15, -0.1) is 46.4 Å². The van der Waals surface area contributed by atoms with Crippen LogP contribution < -0.4 is 10.6 Å². The van der Waals surface area contributed by atoms with Crippen molar-refractivity contribution in [1.29, 1.82) is 0 Å². The van der Waals surface area contributed by atoms with Gasteiger partial charge in [0, 0.05) is 0 Å². The average molecular weight is 386 g/mol. The number of carbonyl (C=O) groups is 2. The maximum atomic E-state index is 11.3. The molecule has 0 aromatic carbocycles. The summed E-state index contributed by atoms with van der Waals surface area (Å²) in [6.45, 7) is 3.53. The summed E-state index contributed by atoms with van der Waals surface area (Å²) in [5.74, 6) is 0. The van der Waals surface area contributed by atoms with Gasteiger partial charge in [-0.05, 0) is 13.8 Å². The van der Waals surface area contributed by atoms with Crippen LogP contribution in [0, 0.1) is 0 Å². The second-order valence-corrected chi connectivity index (χ2v) is 5.70. The molecule has 0 aromatic heterocycles. The first-order valence-electron chi connectivity index (χ1n) is 5.90. The molecule has 2 atom stereocenters. The molecule has 7 nitrogen and oxygen atoms in total. The number of hydrogen-bond donors (Lipinski definition) is 2. The van der Waals surface area contributed by atoms with Gasteiger partial charge in [-0.2, -0.15) is 0 Å². The number of halogens is 4. The molecule has 21 heavy (non-hydrogen) atoms. The Hall–Kier alpha value is -0.340. The average Bonchev–Trinajstić information content (AvgIpc) is 2.37. The van der Waals surface area contributed by atoms with E-state index in [4.69, 9.17) is 51.1 Å². The zero-order valence-electron chi connectivity index (χ0n) is 11.3. The molecule has 2 amide bonds. The minimum absolute atomic E-state index is 0.145. The van der Waals surface area contributed by atoms with E-state index in [1.54, 1.807) is 13.8 Å². The lowest BCUT2D eigenvalue weighted by Crippen LogP contribution is -2.50. The highest BCUT2D eigenvalue weighted by Crippen LogP contribution is 2.16. The van der Waals surface area contributed by atoms with Crippen molar-refractivity contribution in [3.05, 3.63) is 0 Å². The molecule has 0 spiro atoms. The van der Waals surface area contributed by atoms with Gasteiger partial charge in [0.1, 0.15) is 0 Å². The summed E-state index contributed by atoms with van der Waals surface area (Å²) >= 11 is 22.7. The Balaban J connectivity index is 4.66. The molecule has 0 aliphatic heterocycles. The van der Waals surface area contributed by atoms with Crippen LogP contribution in [0.25, 0.3) is 0 Å². The van der Waals surface area contributed by atoms with E-state index >= 15 is 0 Å². The smallest absolute Gasteiger partial charge is 0.409 e. The summed E-state index contributed by atoms with van der Waals surface area (Å²) in [7, 11) is 0. The molecule has 11 heteroatoms. The lowest BCUT2D eigenvalue weighted by atomic mass is 10.5. The van der Waals surface area contributed by atoms with Crippen LogP contribution in [0.1, 0.15) is 13.8 Å². The van der Waals surface area contributed by atoms with Crippen molar-refractivity contribution in [2.75, 3.05) is 13.2 Å². The number of hydrogen-bond acceptors (Lipinski definition) is 5. The van der Waals surface area contributed by atoms with E-state index in [2.05, 4.69) is 20.1 Å². The van der Waals surface area contributed by atoms with Crippen molar-refractivity contribution >= 4 is 58.6 Å². The minimum Gasteiger partial charge on any atom is -0.450 e. The van der Waals surface area contributed by atoms with E-state index < -0.39 is 34.3 Å². The van der Waals surface area contributed by atoms with Gasteiger partial charge in [-0.25, -0.2) is 9.59 Å². The minimum atomic E-state index is -1.21. The summed E-state index contributed by atoms with van der Waals surface area (Å²) in [5.41, 5.74) is 0. The molecular formula is C10H16Cl4N2O5. The molecule has 0 heterocycles. The fraction of sp³-hybridized carbons (Fsp3) is 0.800. The fourth-order valence-electron chi connectivity index (χ4n) is 1.05. The molecule has 0 unspecified atom stereocenters. The normalized spacial score (nSPS) is 13.7. The second kappa shape index (κ2) is 11.3. The third-order valence-corrected chi connectivity index (χ3v) is 2.74. The van der Waals surface area contributed by atoms with Crippen LogP contribution >= 0.6 is 46.4 Å². The van der Waals surface area contributed by atoms with Crippen molar-refractivity contribution in [1.82, 2.24) is 10.6 Å². The molecule has 0 saturated carbocycles. The zero-order valence-corrected chi connectivity index (χ0v) is 14.3. The molecule has 0 aliphatic carbocycles. The van der Waals surface area contributed by atoms with Crippen molar-refractivity contribution < 1.29 is 23.8 Å². The van der Waals surface area contributed by atoms with Crippen molar-refractivity contribution in [3.63, 3.8) is 0 Å². The Labute approximate surface area is 142 Å². The Bertz CT molecular complexity index is 303. The van der Waals surface area contributed by atoms with E-state index in [9.17, 15) is 9.59 Å². The first kappa shape index (κ1) is 20.7. The first-order valence-corrected chi connectivity index (χ1v) is 7.64. The van der Waals surface area contributed by atoms with Gasteiger partial charge in [0.15, 0.2) is 22.1 Å². The number of carbonyl (C=O) groups excluding carboxylic acids is 2. The third kappa shape index (κ3) is 9.31. The van der Waals surface area contributed by atoms with Crippen molar-refractivity contribution in [3.8, 4) is 0 Å². The van der Waals surface area contributed by atoms with Crippen LogP contribution in [0.2, 0.25) is 0 Å². The van der Waals surface area contributed by atoms with Crippen molar-refractivity contribution in [2.24, 2.45) is 0 Å². The highest BCUT2D eigenvalue weighted by Gasteiger charge is 2.29. The molecule has 0 saturated heterocycles. The molecule has 2 N–H and O–H groups in total. The summed E-state index contributed by atoms with van der Waals surface area (Å²) in [6.07, 6.45) is -4.02. The fourth-order valence-corrected chi connectivity index (χ4v) is 1.54. The van der Waals surface area contributed by atoms with Gasteiger partial charge in [0.2, 0.25) is 0 Å². The highest BCUT2D eigenvalue weighted by molar-refractivity contribution is 6.45. The summed E-state index contributed by atoms with van der Waals surface area (Å²) in [5, 5.41) is 4.50. The third-order valence-electron chi connectivity index (χ3n) is 1.82. The number of alkyl carbamates (subject to hydrolysis) is 2. The van der Waals surface area contributed by atoms with Crippen LogP contribution in [-0.4, -0.2) is 47.5 Å². The Morgan fingerprint density at radius 1 is 0.857 bits per heavy atom. The largest absolute Gasteiger partial charge is 0.450 e. The molecule has 0 radical (unpaired) electrons. The number of alkyl halides is 4. The zero-order chi connectivity index (χ0) is 16.4. The topological polar surface area (TPSA) is 85.9 Å². The van der Waals surface area contributed by atoms with Gasteiger partial charge in [0.05, 0.1) is 13.2 Å². The van der Waals surface area contributed by atoms with E-state index in [1.807, 2.05) is 0 Å². The van der Waals surface area contributed by atoms with Gasteiger partial charge < -0.3 is 14.2 Å². The number of ether oxygens (including phenoxy) is 3. The molecule has 0 aliphatic rings. The molecule has 124 valence electrons. The lowest BCUT2D eigenvalue weighted by molar-refractivity contribution is -0.0299. The number of amides is 2. The SMILES string of the molecule is CCOC(=O)N[C@H](O[C@H](NC(=O)OCC)C(Cl)Cl)C(Cl)Cl. The predicted octanol–water partition coefficient (Wildman–Crippen LogP) is 2.75. The van der Waals surface area contributed by atoms with E-state index in [0.717, 1.165) is 0 Å². The molecule has 0 bridgehead atoms. The summed E-state index contributed by atoms with van der Waals surface area (Å²) in [4.78, 5) is 20.3. The molecule has 0 aromatic rings. The van der Waals surface area contributed by atoms with Gasteiger partial charge >= 0.3 is 12.2 Å². The highest BCUT2D eigenvalue weighted by atomic mass is 35.5. The Morgan fingerprint density at radius 3 is 1.43 bits per heavy atom. The number of nitrogens with one attached hydrogen (secondary N) is 2. The van der Waals surface area contributed by atoms with E-state index in [-0.39, 0.29) is 13.2 Å². The van der Waals surface area contributed by atoms with Gasteiger partial charge in [0.25, 0.3) is 0 Å². The van der Waals surface area contributed by atoms with E-state index in [1.165, 1.54) is 0 Å². The van der Waals surface area contributed by atoms with Crippen LogP contribution in [0.4, 0.5) is 9.59 Å². The quantitative estimate of drug-likeness (QED) is 0.495. The standard InChI is InChI=1S/C10H16Cl4N2O5/c1-3-19-9(17)15-7(5(11)12)21-8(6(13)14)16-10(18)20-4-2/h5-8H,3-4H2,1-2H3,(H,15,17)(H,16,18)/t7-,8+. The Morgan fingerprint density at radius 2 is 1.19 bits per heavy atom. The molecule has 0 fully saturated rings. The lowest BCUT2D eigenvalue weighted by Gasteiger charge is -2.27. The maximum absolute atomic E-state index is 11.3. The maximum Gasteiger partial charge on any atom is 0.409 e. The number of rotatable bonds is 8. The predicted molar refractivity (Wildman–Crippen MR) is 80.0 cm³/mol.